The first-order chi connectivity index (χ1) is 45.8. The molecule has 22 heteroatoms. The van der Waals surface area contributed by atoms with E-state index >= 15 is 0 Å². The van der Waals surface area contributed by atoms with Gasteiger partial charge in [-0.1, -0.05) is 54.6 Å². The highest BCUT2D eigenvalue weighted by molar-refractivity contribution is 5.99. The van der Waals surface area contributed by atoms with Crippen molar-refractivity contribution in [3.63, 3.8) is 0 Å². The van der Waals surface area contributed by atoms with Gasteiger partial charge in [0.2, 0.25) is 23.6 Å². The highest BCUT2D eigenvalue weighted by atomic mass is 19.1. The van der Waals surface area contributed by atoms with E-state index in [0.717, 1.165) is 82.5 Å². The van der Waals surface area contributed by atoms with E-state index in [1.54, 1.807) is 18.2 Å². The highest BCUT2D eigenvalue weighted by Gasteiger charge is 2.49. The monoisotopic (exact) mass is 1300 g/mol. The molecule has 3 aliphatic carbocycles. The fraction of sp³-hybridized carbons (Fsp3) is 0.425. The largest absolute Gasteiger partial charge is 0.487 e. The number of rotatable bonds is 20. The molecule has 3 heterocycles. The number of amides is 5. The van der Waals surface area contributed by atoms with Crippen LogP contribution in [0.2, 0.25) is 0 Å². The minimum atomic E-state index is -1.38. The zero-order valence-corrected chi connectivity index (χ0v) is 54.0. The molecular formula is C73H87F2N9O11. The van der Waals surface area contributed by atoms with Crippen LogP contribution in [0.3, 0.4) is 0 Å². The third kappa shape index (κ3) is 17.8. The maximum absolute atomic E-state index is 14.7. The predicted molar refractivity (Wildman–Crippen MR) is 360 cm³/mol. The van der Waals surface area contributed by atoms with E-state index in [2.05, 4.69) is 52.0 Å². The number of benzene rings is 6. The number of hydrogen-bond acceptors (Lipinski definition) is 15. The number of carbonyl (C=O) groups excluding carboxylic acids is 6. The number of alkyl halides is 2. The molecular weight excluding hydrogens is 1220 g/mol. The lowest BCUT2D eigenvalue weighted by molar-refractivity contribution is -0.143. The van der Waals surface area contributed by atoms with Crippen LogP contribution in [0, 0.1) is 23.7 Å². The molecule has 6 aromatic carbocycles. The topological polar surface area (TPSA) is 294 Å². The van der Waals surface area contributed by atoms with Gasteiger partial charge in [-0.3, -0.25) is 28.8 Å². The molecule has 0 spiro atoms. The third-order valence-corrected chi connectivity index (χ3v) is 18.3. The second-order valence-electron chi connectivity index (χ2n) is 25.4. The average Bonchev–Trinajstić information content (AvgIpc) is 1.61. The van der Waals surface area contributed by atoms with Gasteiger partial charge in [-0.05, 0) is 171 Å². The van der Waals surface area contributed by atoms with Crippen LogP contribution in [-0.4, -0.2) is 139 Å². The van der Waals surface area contributed by atoms with Crippen molar-refractivity contribution < 1.29 is 62.0 Å². The molecule has 11 N–H and O–H groups in total. The van der Waals surface area contributed by atoms with Gasteiger partial charge in [-0.2, -0.15) is 0 Å². The number of aliphatic hydroxyl groups excluding tert-OH is 2. The van der Waals surface area contributed by atoms with E-state index in [0.29, 0.717) is 67.7 Å². The van der Waals surface area contributed by atoms with Crippen molar-refractivity contribution in [3.05, 3.63) is 144 Å². The Bertz CT molecular complexity index is 3730. The summed E-state index contributed by atoms with van der Waals surface area (Å²) in [5.74, 6) is -0.798. The third-order valence-electron chi connectivity index (χ3n) is 18.3. The fourth-order valence-corrected chi connectivity index (χ4v) is 12.4. The Labute approximate surface area is 552 Å². The van der Waals surface area contributed by atoms with Gasteiger partial charge in [0.15, 0.2) is 12.3 Å². The van der Waals surface area contributed by atoms with Gasteiger partial charge in [0.1, 0.15) is 36.4 Å². The number of hydrogen-bond donors (Lipinski definition) is 8. The first kappa shape index (κ1) is 69.0. The molecule has 6 aliphatic rings. The van der Waals surface area contributed by atoms with E-state index in [1.165, 1.54) is 47.9 Å². The van der Waals surface area contributed by atoms with Crippen molar-refractivity contribution >= 4 is 58.3 Å². The van der Waals surface area contributed by atoms with E-state index in [-0.39, 0.29) is 73.5 Å². The van der Waals surface area contributed by atoms with Crippen LogP contribution in [-0.2, 0) is 53.1 Å². The molecule has 3 aliphatic heterocycles. The van der Waals surface area contributed by atoms with Crippen LogP contribution in [0.25, 0.3) is 33.4 Å². The molecule has 0 aromatic heterocycles. The zero-order valence-electron chi connectivity index (χ0n) is 54.0. The second kappa shape index (κ2) is 31.6. The van der Waals surface area contributed by atoms with Crippen molar-refractivity contribution in [2.45, 2.75) is 128 Å². The number of carbonyl (C=O) groups is 6. The van der Waals surface area contributed by atoms with Crippen molar-refractivity contribution in [2.24, 2.45) is 40.9 Å². The SMILES string of the molecule is COC(=O)[C@@H]1C[C@H]1C(=O)Nc1cccc(-c2ccc(O[C@H]3CCN(C(=O)CO)C[C@H]3F)c(CN)c2)c1.C[C@@H]1CCCN1c1ccc(-c2cccc(NC(=O)C3CC3)c2)cc1CN.C[C@H](O)C(=O)N1CC[C@H](Oc2ccc(-c3cccc(NC(=O)C4CC4)c3)cc2CN)[C@H](F)C1. The lowest BCUT2D eigenvalue weighted by atomic mass is 10.0. The normalized spacial score (nSPS) is 21.5. The number of likely N-dealkylation sites (tertiary alicyclic amines) is 2. The molecule has 5 amide bonds. The molecule has 6 aromatic rings. The number of esters is 1. The Kier molecular flexibility index (Phi) is 23.0. The van der Waals surface area contributed by atoms with E-state index in [9.17, 15) is 42.7 Å². The van der Waals surface area contributed by atoms with E-state index in [4.69, 9.17) is 36.5 Å². The number of aliphatic hydroxyl groups is 2. The molecule has 3 saturated heterocycles. The van der Waals surface area contributed by atoms with Crippen LogP contribution in [0.5, 0.6) is 11.5 Å². The number of methoxy groups -OCH3 is 1. The summed E-state index contributed by atoms with van der Waals surface area (Å²) >= 11 is 0. The highest BCUT2D eigenvalue weighted by Crippen LogP contribution is 2.41. The lowest BCUT2D eigenvalue weighted by Crippen LogP contribution is -2.51. The van der Waals surface area contributed by atoms with Gasteiger partial charge in [-0.15, -0.1) is 0 Å². The summed E-state index contributed by atoms with van der Waals surface area (Å²) in [6.45, 7) is 5.45. The van der Waals surface area contributed by atoms with Crippen LogP contribution in [0.1, 0.15) is 88.3 Å². The molecule has 8 atom stereocenters. The first-order valence-electron chi connectivity index (χ1n) is 32.9. The number of ether oxygens (including phenoxy) is 3. The molecule has 95 heavy (non-hydrogen) atoms. The van der Waals surface area contributed by atoms with Crippen molar-refractivity contribution in [3.8, 4) is 44.9 Å². The summed E-state index contributed by atoms with van der Waals surface area (Å²) in [5, 5.41) is 27.3. The van der Waals surface area contributed by atoms with Crippen LogP contribution in [0.4, 0.5) is 31.5 Å². The molecule has 20 nitrogen and oxygen atoms in total. The summed E-state index contributed by atoms with van der Waals surface area (Å²) in [7, 11) is 1.31. The molecule has 6 fully saturated rings. The molecule has 504 valence electrons. The minimum absolute atomic E-state index is 0.0560. The Morgan fingerprint density at radius 2 is 1.00 bits per heavy atom. The maximum atomic E-state index is 14.7. The number of anilines is 4. The van der Waals surface area contributed by atoms with Gasteiger partial charge >= 0.3 is 5.97 Å². The Balaban J connectivity index is 0.000000157. The number of nitrogens with two attached hydrogens (primary N) is 3. The van der Waals surface area contributed by atoms with Crippen LogP contribution < -0.4 is 47.5 Å². The quantitative estimate of drug-likeness (QED) is 0.0331. The van der Waals surface area contributed by atoms with Crippen molar-refractivity contribution in [1.82, 2.24) is 9.80 Å². The summed E-state index contributed by atoms with van der Waals surface area (Å²) < 4.78 is 46.0. The fourth-order valence-electron chi connectivity index (χ4n) is 12.4. The van der Waals surface area contributed by atoms with Crippen molar-refractivity contribution in [1.29, 1.82) is 0 Å². The van der Waals surface area contributed by atoms with E-state index in [1.807, 2.05) is 84.9 Å². The molecule has 0 bridgehead atoms. The van der Waals surface area contributed by atoms with Crippen molar-refractivity contribution in [2.75, 3.05) is 67.3 Å². The van der Waals surface area contributed by atoms with Gasteiger partial charge in [0.25, 0.3) is 5.91 Å². The number of nitrogens with zero attached hydrogens (tertiary/aromatic N) is 3. The Morgan fingerprint density at radius 3 is 1.42 bits per heavy atom. The van der Waals surface area contributed by atoms with Gasteiger partial charge in [0, 0.05) is 104 Å². The summed E-state index contributed by atoms with van der Waals surface area (Å²) in [6.07, 6.45) is 2.22. The standard InChI is InChI=1S/C26H30FN3O6.C25H30FN3O4.C22H27N3O/c1-35-26(34)20-11-19(20)25(33)29-18-4-2-3-15(10-18)16-5-6-22(17(9-16)12-28)36-23-7-8-30(13-21(23)27)24(32)14-31;1-15(30)25(32)29-10-9-23(21(26)14-29)33-22-8-7-18(11-19(22)13-27)17-3-2-4-20(12-17)28-24(31)16-5-6-16;1-15-4-3-11-25(15)21-10-9-18(12-19(21)14-23)17-5-2-6-20(13-17)24-22(26)16-7-8-16/h2-6,9-10,19-21,23,31H,7-8,11-14,28H2,1H3,(H,29,33);2-4,7-8,11-12,15-16,21,23,30H,5-6,9-10,13-14,27H2,1H3,(H,28,31);2,5-6,9-10,12-13,15-16H,3-4,7-8,11,14,23H2,1H3,(H,24,26)/t19-,20-,21-,23+;15-,21+,23-;15-/m101/s1. The average molecular weight is 1300 g/mol. The molecule has 0 unspecified atom stereocenters. The number of halogens is 2. The lowest BCUT2D eigenvalue weighted by Gasteiger charge is -2.35. The number of piperidine rings is 2. The maximum Gasteiger partial charge on any atom is 0.309 e. The minimum Gasteiger partial charge on any atom is -0.487 e. The summed E-state index contributed by atoms with van der Waals surface area (Å²) in [4.78, 5) is 76.8. The van der Waals surface area contributed by atoms with Gasteiger partial charge in [0.05, 0.1) is 32.0 Å². The van der Waals surface area contributed by atoms with Crippen LogP contribution in [0.15, 0.2) is 127 Å². The predicted octanol–water partition coefficient (Wildman–Crippen LogP) is 8.88. The first-order valence-corrected chi connectivity index (χ1v) is 32.9. The van der Waals surface area contributed by atoms with Crippen LogP contribution >= 0.6 is 0 Å². The number of nitrogens with one attached hydrogen (secondary N) is 3. The zero-order chi connectivity index (χ0) is 67.4. The van der Waals surface area contributed by atoms with E-state index < -0.39 is 49.1 Å². The summed E-state index contributed by atoms with van der Waals surface area (Å²) in [6, 6.07) is 41.2. The van der Waals surface area contributed by atoms with Gasteiger partial charge < -0.3 is 72.3 Å². The summed E-state index contributed by atoms with van der Waals surface area (Å²) in [5.41, 5.74) is 29.9. The second-order valence-corrected chi connectivity index (χ2v) is 25.4. The molecule has 12 rings (SSSR count). The van der Waals surface area contributed by atoms with Gasteiger partial charge in [-0.25, -0.2) is 8.78 Å². The molecule has 0 radical (unpaired) electrons. The Hall–Kier alpha value is -8.80. The smallest absolute Gasteiger partial charge is 0.309 e. The molecule has 3 saturated carbocycles. The Morgan fingerprint density at radius 1 is 0.558 bits per heavy atom.